The van der Waals surface area contributed by atoms with E-state index in [0.717, 1.165) is 51.1 Å². The molecule has 8 heteroatoms. The van der Waals surface area contributed by atoms with Crippen LogP contribution in [0.4, 0.5) is 4.79 Å². The molecular formula is C33H33N5O3. The highest BCUT2D eigenvalue weighted by Gasteiger charge is 2.36. The molecule has 5 aromatic rings. The Morgan fingerprint density at radius 1 is 0.976 bits per heavy atom. The summed E-state index contributed by atoms with van der Waals surface area (Å²) < 4.78 is 15.4. The monoisotopic (exact) mass is 547 g/mol. The summed E-state index contributed by atoms with van der Waals surface area (Å²) in [5, 5.41) is 8.09. The van der Waals surface area contributed by atoms with Gasteiger partial charge < -0.3 is 24.3 Å². The first-order chi connectivity index (χ1) is 20.1. The van der Waals surface area contributed by atoms with Crippen molar-refractivity contribution in [1.29, 1.82) is 0 Å². The molecule has 2 aromatic heterocycles. The summed E-state index contributed by atoms with van der Waals surface area (Å²) in [5.74, 6) is 2.46. The van der Waals surface area contributed by atoms with Crippen LogP contribution < -0.4 is 14.8 Å². The summed E-state index contributed by atoms with van der Waals surface area (Å²) in [6.07, 6.45) is 2.05. The third-order valence-corrected chi connectivity index (χ3v) is 7.41. The van der Waals surface area contributed by atoms with Gasteiger partial charge in [0.2, 0.25) is 0 Å². The van der Waals surface area contributed by atoms with Crippen molar-refractivity contribution >= 4 is 6.03 Å². The lowest BCUT2D eigenvalue weighted by Crippen LogP contribution is -2.41. The molecule has 0 saturated heterocycles. The molecule has 3 aromatic carbocycles. The van der Waals surface area contributed by atoms with E-state index < -0.39 is 0 Å². The number of para-hydroxylation sites is 1. The minimum atomic E-state index is -0.369. The highest BCUT2D eigenvalue weighted by Crippen LogP contribution is 2.39. The Kier molecular flexibility index (Phi) is 7.20. The van der Waals surface area contributed by atoms with Crippen molar-refractivity contribution in [3.63, 3.8) is 0 Å². The van der Waals surface area contributed by atoms with Crippen LogP contribution in [0.3, 0.4) is 0 Å². The van der Waals surface area contributed by atoms with Crippen molar-refractivity contribution in [2.24, 2.45) is 0 Å². The molecule has 0 spiro atoms. The number of rotatable bonds is 7. The van der Waals surface area contributed by atoms with E-state index in [1.807, 2.05) is 108 Å². The zero-order valence-electron chi connectivity index (χ0n) is 23.4. The summed E-state index contributed by atoms with van der Waals surface area (Å²) in [5.41, 5.74) is 5.71. The van der Waals surface area contributed by atoms with Gasteiger partial charge in [-0.05, 0) is 73.5 Å². The van der Waals surface area contributed by atoms with E-state index in [0.29, 0.717) is 19.7 Å². The number of amides is 2. The largest absolute Gasteiger partial charge is 0.497 e. The summed E-state index contributed by atoms with van der Waals surface area (Å²) in [7, 11) is 1.64. The maximum atomic E-state index is 14.1. The molecule has 2 amide bonds. The van der Waals surface area contributed by atoms with Crippen molar-refractivity contribution in [2.75, 3.05) is 13.7 Å². The van der Waals surface area contributed by atoms with Crippen molar-refractivity contribution in [3.8, 4) is 23.0 Å². The van der Waals surface area contributed by atoms with Crippen molar-refractivity contribution in [2.45, 2.75) is 33.0 Å². The standard InChI is InChI=1S/C33H33N5O3/c1-4-41-28-16-9-12-25(20-28)31-30-17-10-18-36(30)32-29(23(2)35-38(32)26-13-6-5-7-14-26)22-37(31)33(39)34-21-24-11-8-15-27(19-24)40-3/h5-20,31H,4,21-22H2,1-3H3,(H,34,39). The Morgan fingerprint density at radius 3 is 2.59 bits per heavy atom. The summed E-state index contributed by atoms with van der Waals surface area (Å²) in [6.45, 7) is 5.28. The molecule has 1 aliphatic rings. The van der Waals surface area contributed by atoms with E-state index in [-0.39, 0.29) is 12.1 Å². The highest BCUT2D eigenvalue weighted by atomic mass is 16.5. The quantitative estimate of drug-likeness (QED) is 0.264. The van der Waals surface area contributed by atoms with Gasteiger partial charge in [0.25, 0.3) is 0 Å². The first-order valence-electron chi connectivity index (χ1n) is 13.8. The molecule has 1 atom stereocenters. The van der Waals surface area contributed by atoms with Crippen molar-refractivity contribution in [1.82, 2.24) is 24.6 Å². The molecular weight excluding hydrogens is 514 g/mol. The fraction of sp³-hybridized carbons (Fsp3) is 0.212. The number of nitrogens with zero attached hydrogens (tertiary/aromatic N) is 4. The van der Waals surface area contributed by atoms with E-state index in [1.165, 1.54) is 0 Å². The topological polar surface area (TPSA) is 73.5 Å². The molecule has 0 bridgehead atoms. The highest BCUT2D eigenvalue weighted by molar-refractivity contribution is 5.76. The van der Waals surface area contributed by atoms with Gasteiger partial charge in [-0.1, -0.05) is 42.5 Å². The minimum absolute atomic E-state index is 0.174. The van der Waals surface area contributed by atoms with Crippen LogP contribution >= 0.6 is 0 Å². The number of fused-ring (bicyclic) bond motifs is 3. The number of hydrogen-bond acceptors (Lipinski definition) is 4. The van der Waals surface area contributed by atoms with Gasteiger partial charge in [-0.15, -0.1) is 0 Å². The lowest BCUT2D eigenvalue weighted by atomic mass is 10.0. The molecule has 0 aliphatic carbocycles. The van der Waals surface area contributed by atoms with Gasteiger partial charge in [0.05, 0.1) is 43.4 Å². The average molecular weight is 548 g/mol. The van der Waals surface area contributed by atoms with Gasteiger partial charge in [0.15, 0.2) is 0 Å². The molecule has 208 valence electrons. The fourth-order valence-corrected chi connectivity index (χ4v) is 5.50. The number of carbonyl (C=O) groups excluding carboxylic acids is 1. The number of methoxy groups -OCH3 is 1. The molecule has 0 radical (unpaired) electrons. The predicted octanol–water partition coefficient (Wildman–Crippen LogP) is 6.19. The normalized spacial score (nSPS) is 14.1. The van der Waals surface area contributed by atoms with Gasteiger partial charge in [0.1, 0.15) is 17.3 Å². The van der Waals surface area contributed by atoms with Crippen LogP contribution in [-0.2, 0) is 13.1 Å². The zero-order chi connectivity index (χ0) is 28.3. The second kappa shape index (κ2) is 11.3. The van der Waals surface area contributed by atoms with Crippen molar-refractivity contribution < 1.29 is 14.3 Å². The van der Waals surface area contributed by atoms with Crippen LogP contribution in [0.1, 0.15) is 41.0 Å². The van der Waals surface area contributed by atoms with Gasteiger partial charge >= 0.3 is 6.03 Å². The van der Waals surface area contributed by atoms with Gasteiger partial charge in [0, 0.05) is 18.3 Å². The second-order valence-corrected chi connectivity index (χ2v) is 9.98. The van der Waals surface area contributed by atoms with E-state index in [4.69, 9.17) is 14.6 Å². The van der Waals surface area contributed by atoms with Gasteiger partial charge in [-0.2, -0.15) is 5.10 Å². The lowest BCUT2D eigenvalue weighted by molar-refractivity contribution is 0.180. The average Bonchev–Trinajstić information content (AvgIpc) is 3.57. The molecule has 1 unspecified atom stereocenters. The third-order valence-electron chi connectivity index (χ3n) is 7.41. The van der Waals surface area contributed by atoms with E-state index in [1.54, 1.807) is 7.11 Å². The first-order valence-corrected chi connectivity index (χ1v) is 13.8. The lowest BCUT2D eigenvalue weighted by Gasteiger charge is -2.31. The number of ether oxygens (including phenoxy) is 2. The van der Waals surface area contributed by atoms with E-state index in [2.05, 4.69) is 22.0 Å². The number of aryl methyl sites for hydroxylation is 1. The number of aromatic nitrogens is 3. The first kappa shape index (κ1) is 26.3. The molecule has 6 rings (SSSR count). The summed E-state index contributed by atoms with van der Waals surface area (Å²) in [4.78, 5) is 16.0. The Labute approximate surface area is 239 Å². The third kappa shape index (κ3) is 5.04. The van der Waals surface area contributed by atoms with Crippen LogP contribution in [0, 0.1) is 6.92 Å². The Hall–Kier alpha value is -4.98. The molecule has 3 heterocycles. The van der Waals surface area contributed by atoms with Crippen LogP contribution in [0.15, 0.2) is 97.2 Å². The summed E-state index contributed by atoms with van der Waals surface area (Å²) >= 11 is 0. The molecule has 41 heavy (non-hydrogen) atoms. The molecule has 0 fully saturated rings. The fourth-order valence-electron chi connectivity index (χ4n) is 5.50. The number of carbonyl (C=O) groups is 1. The number of urea groups is 1. The van der Waals surface area contributed by atoms with Crippen LogP contribution in [0.2, 0.25) is 0 Å². The summed E-state index contributed by atoms with van der Waals surface area (Å²) in [6, 6.07) is 29.4. The van der Waals surface area contributed by atoms with Gasteiger partial charge in [-0.3, -0.25) is 0 Å². The van der Waals surface area contributed by atoms with E-state index in [9.17, 15) is 4.79 Å². The molecule has 1 N–H and O–H groups in total. The van der Waals surface area contributed by atoms with Crippen molar-refractivity contribution in [3.05, 3.63) is 125 Å². The molecule has 1 aliphatic heterocycles. The molecule has 0 saturated carbocycles. The minimum Gasteiger partial charge on any atom is -0.497 e. The zero-order valence-corrected chi connectivity index (χ0v) is 23.4. The second-order valence-electron chi connectivity index (χ2n) is 9.98. The Morgan fingerprint density at radius 2 is 1.78 bits per heavy atom. The maximum Gasteiger partial charge on any atom is 0.318 e. The maximum absolute atomic E-state index is 14.1. The van der Waals surface area contributed by atoms with E-state index >= 15 is 0 Å². The SMILES string of the molecule is CCOc1cccc(C2c3cccn3-c3c(c(C)nn3-c3ccccc3)CN2C(=O)NCc2cccc(OC)c2)c1. The number of benzene rings is 3. The van der Waals surface area contributed by atoms with Crippen LogP contribution in [0.25, 0.3) is 11.5 Å². The number of nitrogens with one attached hydrogen (secondary N) is 1. The van der Waals surface area contributed by atoms with Crippen LogP contribution in [0.5, 0.6) is 11.5 Å². The Balaban J connectivity index is 1.46. The Bertz CT molecular complexity index is 1670. The number of hydrogen-bond donors (Lipinski definition) is 1. The molecule has 8 nitrogen and oxygen atoms in total. The van der Waals surface area contributed by atoms with Crippen LogP contribution in [-0.4, -0.2) is 39.0 Å². The van der Waals surface area contributed by atoms with Gasteiger partial charge in [-0.25, -0.2) is 9.48 Å². The predicted molar refractivity (Wildman–Crippen MR) is 158 cm³/mol. The smallest absolute Gasteiger partial charge is 0.318 e.